The average molecular weight is 254 g/mol. The van der Waals surface area contributed by atoms with Gasteiger partial charge < -0.3 is 9.31 Å². The Balaban J connectivity index is 2.47. The van der Waals surface area contributed by atoms with Crippen LogP contribution in [0, 0.1) is 22.7 Å². The van der Waals surface area contributed by atoms with E-state index >= 15 is 0 Å². The Morgan fingerprint density at radius 2 is 1.58 bits per heavy atom. The van der Waals surface area contributed by atoms with Crippen molar-refractivity contribution in [3.63, 3.8) is 0 Å². The molecule has 1 aliphatic heterocycles. The summed E-state index contributed by atoms with van der Waals surface area (Å²) in [4.78, 5) is 0. The van der Waals surface area contributed by atoms with Gasteiger partial charge in [0.05, 0.1) is 22.3 Å². The van der Waals surface area contributed by atoms with E-state index in [1.165, 1.54) is 0 Å². The van der Waals surface area contributed by atoms with Crippen molar-refractivity contribution in [2.24, 2.45) is 0 Å². The van der Waals surface area contributed by atoms with Crippen LogP contribution in [0.5, 0.6) is 0 Å². The number of rotatable bonds is 1. The molecule has 0 amide bonds. The monoisotopic (exact) mass is 254 g/mol. The first-order chi connectivity index (χ1) is 8.82. The molecule has 1 aliphatic rings. The molecule has 1 aromatic carbocycles. The zero-order valence-electron chi connectivity index (χ0n) is 11.5. The first-order valence-electron chi connectivity index (χ1n) is 6.11. The second-order valence-corrected chi connectivity index (χ2v) is 5.58. The molecule has 0 N–H and O–H groups in total. The summed E-state index contributed by atoms with van der Waals surface area (Å²) in [5, 5.41) is 18.3. The molecular formula is C14H15BN2O2. The van der Waals surface area contributed by atoms with Gasteiger partial charge in [0.15, 0.2) is 0 Å². The third-order valence-electron chi connectivity index (χ3n) is 3.84. The highest BCUT2D eigenvalue weighted by Gasteiger charge is 2.52. The molecule has 19 heavy (non-hydrogen) atoms. The van der Waals surface area contributed by atoms with Gasteiger partial charge in [0.2, 0.25) is 0 Å². The molecule has 1 aromatic rings. The maximum atomic E-state index is 9.24. The molecule has 2 rings (SSSR count). The van der Waals surface area contributed by atoms with Crippen LogP contribution < -0.4 is 5.46 Å². The molecule has 0 spiro atoms. The zero-order chi connectivity index (χ0) is 14.3. The molecular weight excluding hydrogens is 239 g/mol. The van der Waals surface area contributed by atoms with Crippen LogP contribution in [-0.2, 0) is 9.31 Å². The van der Waals surface area contributed by atoms with Crippen molar-refractivity contribution in [3.8, 4) is 12.1 Å². The Hall–Kier alpha value is -1.82. The lowest BCUT2D eigenvalue weighted by Gasteiger charge is -2.32. The fraction of sp³-hybridized carbons (Fsp3) is 0.429. The van der Waals surface area contributed by atoms with Crippen LogP contribution in [0.15, 0.2) is 18.2 Å². The fourth-order valence-electron chi connectivity index (χ4n) is 1.95. The first-order valence-corrected chi connectivity index (χ1v) is 6.11. The van der Waals surface area contributed by atoms with E-state index in [2.05, 4.69) is 6.07 Å². The van der Waals surface area contributed by atoms with Crippen LogP contribution in [0.4, 0.5) is 0 Å². The highest BCUT2D eigenvalue weighted by molar-refractivity contribution is 6.63. The van der Waals surface area contributed by atoms with Gasteiger partial charge in [-0.1, -0.05) is 12.1 Å². The molecule has 0 aliphatic carbocycles. The van der Waals surface area contributed by atoms with Crippen LogP contribution in [0.2, 0.25) is 0 Å². The van der Waals surface area contributed by atoms with Gasteiger partial charge in [0, 0.05) is 5.46 Å². The summed E-state index contributed by atoms with van der Waals surface area (Å²) in [5.41, 5.74) is 0.346. The summed E-state index contributed by atoms with van der Waals surface area (Å²) in [5.74, 6) is 0. The standard InChI is InChI=1S/C14H15BN2O2/c1-13(2)14(3,4)19-15(18-13)12-7-5-6-10(8-16)11(12)9-17/h5-7H,1-4H3. The van der Waals surface area contributed by atoms with Gasteiger partial charge in [-0.05, 0) is 33.8 Å². The third kappa shape index (κ3) is 2.12. The van der Waals surface area contributed by atoms with E-state index in [1.54, 1.807) is 18.2 Å². The number of hydrogen-bond donors (Lipinski definition) is 0. The van der Waals surface area contributed by atoms with Crippen molar-refractivity contribution in [1.29, 1.82) is 10.5 Å². The Kier molecular flexibility index (Phi) is 3.14. The van der Waals surface area contributed by atoms with Crippen LogP contribution in [0.25, 0.3) is 0 Å². The maximum Gasteiger partial charge on any atom is 0.496 e. The molecule has 4 nitrogen and oxygen atoms in total. The van der Waals surface area contributed by atoms with Crippen LogP contribution in [-0.4, -0.2) is 18.3 Å². The van der Waals surface area contributed by atoms with Gasteiger partial charge >= 0.3 is 7.12 Å². The van der Waals surface area contributed by atoms with Gasteiger partial charge in [0.1, 0.15) is 12.1 Å². The van der Waals surface area contributed by atoms with Gasteiger partial charge in [-0.3, -0.25) is 0 Å². The second-order valence-electron chi connectivity index (χ2n) is 5.58. The van der Waals surface area contributed by atoms with Gasteiger partial charge in [-0.15, -0.1) is 0 Å². The molecule has 0 aromatic heterocycles. The SMILES string of the molecule is CC1(C)OB(c2cccc(C#N)c2C#N)OC1(C)C. The third-order valence-corrected chi connectivity index (χ3v) is 3.84. The molecule has 0 saturated carbocycles. The minimum absolute atomic E-state index is 0.323. The molecule has 0 unspecified atom stereocenters. The summed E-state index contributed by atoms with van der Waals surface area (Å²) in [6.45, 7) is 7.81. The minimum Gasteiger partial charge on any atom is -0.399 e. The second kappa shape index (κ2) is 4.38. The number of nitrogens with zero attached hydrogens (tertiary/aromatic N) is 2. The average Bonchev–Trinajstić information content (AvgIpc) is 2.57. The number of hydrogen-bond acceptors (Lipinski definition) is 4. The van der Waals surface area contributed by atoms with Crippen molar-refractivity contribution < 1.29 is 9.31 Å². The highest BCUT2D eigenvalue weighted by atomic mass is 16.7. The van der Waals surface area contributed by atoms with E-state index < -0.39 is 18.3 Å². The zero-order valence-corrected chi connectivity index (χ0v) is 11.5. The van der Waals surface area contributed by atoms with E-state index in [9.17, 15) is 5.26 Å². The molecule has 5 heteroatoms. The van der Waals surface area contributed by atoms with E-state index in [1.807, 2.05) is 33.8 Å². The molecule has 0 radical (unpaired) electrons. The van der Waals surface area contributed by atoms with Crippen LogP contribution >= 0.6 is 0 Å². The summed E-state index contributed by atoms with van der Waals surface area (Å²) in [6, 6.07) is 9.20. The molecule has 1 heterocycles. The topological polar surface area (TPSA) is 66.0 Å². The van der Waals surface area contributed by atoms with Crippen molar-refractivity contribution in [1.82, 2.24) is 0 Å². The maximum absolute atomic E-state index is 9.24. The van der Waals surface area contributed by atoms with Crippen molar-refractivity contribution in [2.45, 2.75) is 38.9 Å². The lowest BCUT2D eigenvalue weighted by molar-refractivity contribution is 0.00578. The predicted molar refractivity (Wildman–Crippen MR) is 71.6 cm³/mol. The first kappa shape index (κ1) is 13.6. The van der Waals surface area contributed by atoms with Crippen molar-refractivity contribution in [3.05, 3.63) is 29.3 Å². The Labute approximate surface area is 113 Å². The van der Waals surface area contributed by atoms with Gasteiger partial charge in [0.25, 0.3) is 0 Å². The molecule has 0 bridgehead atoms. The number of benzene rings is 1. The smallest absolute Gasteiger partial charge is 0.399 e. The van der Waals surface area contributed by atoms with Crippen LogP contribution in [0.1, 0.15) is 38.8 Å². The molecule has 1 saturated heterocycles. The van der Waals surface area contributed by atoms with Crippen LogP contribution in [0.3, 0.4) is 0 Å². The fourth-order valence-corrected chi connectivity index (χ4v) is 1.95. The summed E-state index contributed by atoms with van der Waals surface area (Å²) in [7, 11) is -0.618. The predicted octanol–water partition coefficient (Wildman–Crippen LogP) is 1.73. The van der Waals surface area contributed by atoms with E-state index in [0.717, 1.165) is 0 Å². The molecule has 96 valence electrons. The lowest BCUT2D eigenvalue weighted by Crippen LogP contribution is -2.41. The number of nitriles is 2. The van der Waals surface area contributed by atoms with E-state index in [0.29, 0.717) is 16.6 Å². The summed E-state index contributed by atoms with van der Waals surface area (Å²) in [6.07, 6.45) is 0. The highest BCUT2D eigenvalue weighted by Crippen LogP contribution is 2.36. The normalized spacial score (nSPS) is 19.8. The summed E-state index contributed by atoms with van der Waals surface area (Å²) >= 11 is 0. The van der Waals surface area contributed by atoms with Crippen molar-refractivity contribution >= 4 is 12.6 Å². The Morgan fingerprint density at radius 3 is 2.05 bits per heavy atom. The summed E-state index contributed by atoms with van der Waals surface area (Å²) < 4.78 is 11.8. The van der Waals surface area contributed by atoms with E-state index in [-0.39, 0.29) is 0 Å². The lowest BCUT2D eigenvalue weighted by atomic mass is 9.75. The van der Waals surface area contributed by atoms with E-state index in [4.69, 9.17) is 14.6 Å². The Bertz CT molecular complexity index is 580. The van der Waals surface area contributed by atoms with Gasteiger partial charge in [-0.2, -0.15) is 10.5 Å². The molecule has 0 atom stereocenters. The van der Waals surface area contributed by atoms with Gasteiger partial charge in [-0.25, -0.2) is 0 Å². The van der Waals surface area contributed by atoms with Crippen molar-refractivity contribution in [2.75, 3.05) is 0 Å². The largest absolute Gasteiger partial charge is 0.496 e. The Morgan fingerprint density at radius 1 is 1.00 bits per heavy atom. The molecule has 1 fully saturated rings. The quantitative estimate of drug-likeness (QED) is 0.716. The minimum atomic E-state index is -0.618.